The average Bonchev–Trinajstić information content (AvgIpc) is 3.06. The summed E-state index contributed by atoms with van der Waals surface area (Å²) < 4.78 is 1.09. The van der Waals surface area contributed by atoms with Crippen LogP contribution < -0.4 is 5.32 Å². The Kier molecular flexibility index (Phi) is 4.41. The van der Waals surface area contributed by atoms with Crippen molar-refractivity contribution in [3.63, 3.8) is 0 Å². The van der Waals surface area contributed by atoms with Crippen molar-refractivity contribution in [1.29, 1.82) is 0 Å². The van der Waals surface area contributed by atoms with Gasteiger partial charge >= 0.3 is 0 Å². The van der Waals surface area contributed by atoms with Crippen LogP contribution in [0.1, 0.15) is 33.3 Å². The van der Waals surface area contributed by atoms with Crippen molar-refractivity contribution >= 4 is 44.1 Å². The topological polar surface area (TPSA) is 57.8 Å². The Morgan fingerprint density at radius 1 is 1.44 bits per heavy atom. The number of H-pyrrole nitrogens is 1. The third kappa shape index (κ3) is 3.37. The summed E-state index contributed by atoms with van der Waals surface area (Å²) in [5, 5.41) is 5.49. The molecule has 0 unspecified atom stereocenters. The zero-order chi connectivity index (χ0) is 17.6. The number of hydrogen-bond acceptors (Lipinski definition) is 3. The van der Waals surface area contributed by atoms with E-state index in [2.05, 4.69) is 49.4 Å². The first kappa shape index (κ1) is 16.8. The SMILES string of the molecule is Cc1nc(CC(=O)N[C@@H]2CCc3[nH]c4ccc(Br)cc4c3C2)c(C)s1. The van der Waals surface area contributed by atoms with Crippen molar-refractivity contribution in [2.24, 2.45) is 0 Å². The number of aromatic nitrogens is 2. The lowest BCUT2D eigenvalue weighted by molar-refractivity contribution is -0.121. The van der Waals surface area contributed by atoms with Gasteiger partial charge in [0, 0.05) is 32.0 Å². The molecule has 0 saturated carbocycles. The Morgan fingerprint density at radius 2 is 2.28 bits per heavy atom. The van der Waals surface area contributed by atoms with Gasteiger partial charge in [0.1, 0.15) is 0 Å². The molecule has 6 heteroatoms. The van der Waals surface area contributed by atoms with Crippen molar-refractivity contribution < 1.29 is 4.79 Å². The van der Waals surface area contributed by atoms with Gasteiger partial charge in [-0.1, -0.05) is 15.9 Å². The highest BCUT2D eigenvalue weighted by atomic mass is 79.9. The minimum absolute atomic E-state index is 0.0721. The number of aryl methyl sites for hydroxylation is 3. The average molecular weight is 418 g/mol. The lowest BCUT2D eigenvalue weighted by atomic mass is 9.91. The van der Waals surface area contributed by atoms with E-state index in [1.807, 2.05) is 13.8 Å². The monoisotopic (exact) mass is 417 g/mol. The number of thiazole rings is 1. The molecule has 0 aliphatic heterocycles. The summed E-state index contributed by atoms with van der Waals surface area (Å²) in [5.74, 6) is 0.0721. The van der Waals surface area contributed by atoms with Crippen LogP contribution in [-0.2, 0) is 24.1 Å². The van der Waals surface area contributed by atoms with Gasteiger partial charge in [0.15, 0.2) is 0 Å². The maximum Gasteiger partial charge on any atom is 0.226 e. The molecule has 25 heavy (non-hydrogen) atoms. The van der Waals surface area contributed by atoms with Gasteiger partial charge in [-0.3, -0.25) is 4.79 Å². The molecule has 2 heterocycles. The molecule has 0 radical (unpaired) electrons. The highest BCUT2D eigenvalue weighted by Crippen LogP contribution is 2.31. The van der Waals surface area contributed by atoms with Crippen molar-refractivity contribution in [3.05, 3.63) is 49.5 Å². The smallest absolute Gasteiger partial charge is 0.226 e. The summed E-state index contributed by atoms with van der Waals surface area (Å²) in [5.41, 5.74) is 4.74. The molecular weight excluding hydrogens is 398 g/mol. The van der Waals surface area contributed by atoms with Crippen LogP contribution >= 0.6 is 27.3 Å². The predicted octanol–water partition coefficient (Wildman–Crippen LogP) is 4.22. The predicted molar refractivity (Wildman–Crippen MR) is 105 cm³/mol. The van der Waals surface area contributed by atoms with Crippen LogP contribution in [0.5, 0.6) is 0 Å². The van der Waals surface area contributed by atoms with E-state index in [0.29, 0.717) is 6.42 Å². The molecule has 0 fully saturated rings. The number of nitrogens with zero attached hydrogens (tertiary/aromatic N) is 1. The number of hydrogen-bond donors (Lipinski definition) is 2. The minimum atomic E-state index is 0.0721. The molecular formula is C19H20BrN3OS. The summed E-state index contributed by atoms with van der Waals surface area (Å²) >= 11 is 5.21. The van der Waals surface area contributed by atoms with E-state index in [0.717, 1.165) is 39.3 Å². The van der Waals surface area contributed by atoms with Gasteiger partial charge in [0.25, 0.3) is 0 Å². The standard InChI is InChI=1S/C19H20BrN3OS/c1-10-18(21-11(2)25-10)9-19(24)22-13-4-6-17-15(8-13)14-7-12(20)3-5-16(14)23-17/h3,5,7,13,23H,4,6,8-9H2,1-2H3,(H,22,24)/t13-/m1/s1. The number of fused-ring (bicyclic) bond motifs is 3. The first-order valence-corrected chi connectivity index (χ1v) is 10.1. The Morgan fingerprint density at radius 3 is 3.04 bits per heavy atom. The van der Waals surface area contributed by atoms with E-state index in [1.54, 1.807) is 11.3 Å². The number of halogens is 1. The van der Waals surface area contributed by atoms with Gasteiger partial charge in [0.05, 0.1) is 17.1 Å². The lowest BCUT2D eigenvalue weighted by Crippen LogP contribution is -2.39. The second kappa shape index (κ2) is 6.57. The van der Waals surface area contributed by atoms with Crippen LogP contribution in [0.4, 0.5) is 0 Å². The van der Waals surface area contributed by atoms with Gasteiger partial charge in [-0.25, -0.2) is 4.98 Å². The first-order valence-electron chi connectivity index (χ1n) is 8.51. The largest absolute Gasteiger partial charge is 0.358 e. The van der Waals surface area contributed by atoms with Crippen LogP contribution in [0.3, 0.4) is 0 Å². The maximum atomic E-state index is 12.4. The molecule has 1 aliphatic carbocycles. The highest BCUT2D eigenvalue weighted by Gasteiger charge is 2.24. The molecule has 2 N–H and O–H groups in total. The number of nitrogens with one attached hydrogen (secondary N) is 2. The van der Waals surface area contributed by atoms with Gasteiger partial charge < -0.3 is 10.3 Å². The Hall–Kier alpha value is -1.66. The minimum Gasteiger partial charge on any atom is -0.358 e. The quantitative estimate of drug-likeness (QED) is 0.669. The second-order valence-electron chi connectivity index (χ2n) is 6.69. The Labute approximate surface area is 159 Å². The fourth-order valence-electron chi connectivity index (χ4n) is 3.68. The summed E-state index contributed by atoms with van der Waals surface area (Å²) in [7, 11) is 0. The molecule has 0 bridgehead atoms. The molecule has 0 saturated heterocycles. The molecule has 130 valence electrons. The molecule has 3 aromatic rings. The van der Waals surface area contributed by atoms with E-state index in [9.17, 15) is 4.79 Å². The normalized spacial score (nSPS) is 16.8. The number of aromatic amines is 1. The number of carbonyl (C=O) groups excluding carboxylic acids is 1. The van der Waals surface area contributed by atoms with Gasteiger partial charge in [-0.2, -0.15) is 0 Å². The molecule has 1 aliphatic rings. The van der Waals surface area contributed by atoms with E-state index in [4.69, 9.17) is 0 Å². The third-order valence-corrected chi connectivity index (χ3v) is 6.26. The highest BCUT2D eigenvalue weighted by molar-refractivity contribution is 9.10. The van der Waals surface area contributed by atoms with Crippen LogP contribution in [-0.4, -0.2) is 21.9 Å². The molecule has 1 amide bonds. The van der Waals surface area contributed by atoms with Crippen LogP contribution in [0, 0.1) is 13.8 Å². The number of amides is 1. The molecule has 1 aromatic carbocycles. The zero-order valence-electron chi connectivity index (χ0n) is 14.3. The van der Waals surface area contributed by atoms with Crippen LogP contribution in [0.2, 0.25) is 0 Å². The first-order chi connectivity index (χ1) is 12.0. The van der Waals surface area contributed by atoms with E-state index in [1.165, 1.54) is 22.2 Å². The van der Waals surface area contributed by atoms with Crippen molar-refractivity contribution in [2.75, 3.05) is 0 Å². The summed E-state index contributed by atoms with van der Waals surface area (Å²) in [4.78, 5) is 21.6. The molecule has 1 atom stereocenters. The Balaban J connectivity index is 1.48. The third-order valence-electron chi connectivity index (χ3n) is 4.84. The van der Waals surface area contributed by atoms with Crippen LogP contribution in [0.25, 0.3) is 10.9 Å². The fourth-order valence-corrected chi connectivity index (χ4v) is 4.88. The number of rotatable bonds is 3. The summed E-state index contributed by atoms with van der Waals surface area (Å²) in [6.45, 7) is 4.01. The lowest BCUT2D eigenvalue weighted by Gasteiger charge is -2.23. The van der Waals surface area contributed by atoms with Crippen LogP contribution in [0.15, 0.2) is 22.7 Å². The zero-order valence-corrected chi connectivity index (χ0v) is 16.7. The molecule has 2 aromatic heterocycles. The molecule has 4 rings (SSSR count). The van der Waals surface area contributed by atoms with Crippen molar-refractivity contribution in [1.82, 2.24) is 15.3 Å². The maximum absolute atomic E-state index is 12.4. The van der Waals surface area contributed by atoms with Gasteiger partial charge in [0.2, 0.25) is 5.91 Å². The summed E-state index contributed by atoms with van der Waals surface area (Å²) in [6.07, 6.45) is 3.20. The van der Waals surface area contributed by atoms with Crippen molar-refractivity contribution in [3.8, 4) is 0 Å². The summed E-state index contributed by atoms with van der Waals surface area (Å²) in [6, 6.07) is 6.52. The van der Waals surface area contributed by atoms with Gasteiger partial charge in [-0.15, -0.1) is 11.3 Å². The van der Waals surface area contributed by atoms with Crippen molar-refractivity contribution in [2.45, 2.75) is 45.6 Å². The van der Waals surface area contributed by atoms with E-state index < -0.39 is 0 Å². The van der Waals surface area contributed by atoms with E-state index >= 15 is 0 Å². The Bertz CT molecular complexity index is 959. The van der Waals surface area contributed by atoms with E-state index in [-0.39, 0.29) is 11.9 Å². The fraction of sp³-hybridized carbons (Fsp3) is 0.368. The molecule has 0 spiro atoms. The number of benzene rings is 1. The molecule has 4 nitrogen and oxygen atoms in total. The number of carbonyl (C=O) groups is 1. The second-order valence-corrected chi connectivity index (χ2v) is 9.01. The van der Waals surface area contributed by atoms with Gasteiger partial charge in [-0.05, 0) is 56.9 Å².